The van der Waals surface area contributed by atoms with Gasteiger partial charge in [0, 0.05) is 23.3 Å². The normalized spacial score (nSPS) is 17.4. The summed E-state index contributed by atoms with van der Waals surface area (Å²) in [4.78, 5) is 14.3. The summed E-state index contributed by atoms with van der Waals surface area (Å²) in [7, 11) is 1.70. The Balaban J connectivity index is 1.79. The Morgan fingerprint density at radius 1 is 1.20 bits per heavy atom. The van der Waals surface area contributed by atoms with Crippen LogP contribution in [0, 0.1) is 0 Å². The molecule has 0 spiro atoms. The third kappa shape index (κ3) is 2.32. The van der Waals surface area contributed by atoms with Crippen molar-refractivity contribution >= 4 is 23.4 Å². The van der Waals surface area contributed by atoms with Crippen molar-refractivity contribution in [2.75, 3.05) is 11.9 Å². The van der Waals surface area contributed by atoms with Crippen LogP contribution in [0.2, 0.25) is 0 Å². The van der Waals surface area contributed by atoms with Gasteiger partial charge in [-0.3, -0.25) is 4.79 Å². The molecule has 1 unspecified atom stereocenters. The lowest BCUT2D eigenvalue weighted by Crippen LogP contribution is -2.23. The minimum atomic E-state index is -1.01. The highest BCUT2D eigenvalue weighted by Crippen LogP contribution is 2.37. The molecule has 0 aromatic heterocycles. The fourth-order valence-electron chi connectivity index (χ4n) is 2.31. The lowest BCUT2D eigenvalue weighted by Gasteiger charge is -2.11. The summed E-state index contributed by atoms with van der Waals surface area (Å²) < 4.78 is 0. The van der Waals surface area contributed by atoms with E-state index >= 15 is 0 Å². The molecule has 1 N–H and O–H groups in total. The second-order valence-corrected chi connectivity index (χ2v) is 5.84. The Morgan fingerprint density at radius 2 is 1.95 bits per heavy atom. The van der Waals surface area contributed by atoms with E-state index in [1.54, 1.807) is 18.8 Å². The Morgan fingerprint density at radius 3 is 2.70 bits per heavy atom. The van der Waals surface area contributed by atoms with Crippen LogP contribution in [0.3, 0.4) is 0 Å². The Kier molecular flexibility index (Phi) is 3.51. The van der Waals surface area contributed by atoms with E-state index in [1.165, 1.54) is 10.5 Å². The lowest BCUT2D eigenvalue weighted by molar-refractivity contribution is -0.125. The number of carbonyl (C=O) groups is 1. The number of aliphatic hydroxyl groups is 1. The maximum Gasteiger partial charge on any atom is 0.260 e. The molecule has 1 amide bonds. The Labute approximate surface area is 122 Å². The van der Waals surface area contributed by atoms with Crippen LogP contribution in [-0.2, 0) is 10.5 Å². The first-order chi connectivity index (χ1) is 9.66. The van der Waals surface area contributed by atoms with Gasteiger partial charge in [-0.15, -0.1) is 11.8 Å². The van der Waals surface area contributed by atoms with Crippen molar-refractivity contribution in [2.24, 2.45) is 0 Å². The zero-order valence-electron chi connectivity index (χ0n) is 11.1. The van der Waals surface area contributed by atoms with Gasteiger partial charge in [0.05, 0.1) is 5.69 Å². The van der Waals surface area contributed by atoms with Crippen LogP contribution in [0.15, 0.2) is 53.4 Å². The first-order valence-electron chi connectivity index (χ1n) is 6.43. The molecule has 0 aliphatic carbocycles. The maximum absolute atomic E-state index is 11.7. The van der Waals surface area contributed by atoms with Crippen LogP contribution in [0.5, 0.6) is 0 Å². The van der Waals surface area contributed by atoms with Crippen LogP contribution in [0.4, 0.5) is 5.69 Å². The van der Waals surface area contributed by atoms with Crippen LogP contribution in [0.1, 0.15) is 17.2 Å². The smallest absolute Gasteiger partial charge is 0.260 e. The zero-order valence-corrected chi connectivity index (χ0v) is 11.9. The average Bonchev–Trinajstić information content (AvgIpc) is 2.71. The number of aliphatic hydroxyl groups excluding tert-OH is 1. The fraction of sp³-hybridized carbons (Fsp3) is 0.188. The summed E-state index contributed by atoms with van der Waals surface area (Å²) in [6, 6.07) is 16.0. The van der Waals surface area contributed by atoms with Crippen molar-refractivity contribution in [1.82, 2.24) is 0 Å². The van der Waals surface area contributed by atoms with Gasteiger partial charge in [0.2, 0.25) is 0 Å². The summed E-state index contributed by atoms with van der Waals surface area (Å²) in [6.07, 6.45) is -1.01. The molecular formula is C16H15NO2S. The molecule has 0 fully saturated rings. The van der Waals surface area contributed by atoms with Gasteiger partial charge in [0.1, 0.15) is 0 Å². The molecule has 4 heteroatoms. The van der Waals surface area contributed by atoms with Crippen molar-refractivity contribution in [3.63, 3.8) is 0 Å². The highest BCUT2D eigenvalue weighted by atomic mass is 32.2. The number of rotatable bonds is 3. The second-order valence-electron chi connectivity index (χ2n) is 4.79. The van der Waals surface area contributed by atoms with E-state index in [9.17, 15) is 9.90 Å². The summed E-state index contributed by atoms with van der Waals surface area (Å²) in [5.74, 6) is 0.630. The number of hydrogen-bond donors (Lipinski definition) is 1. The number of hydrogen-bond acceptors (Lipinski definition) is 3. The van der Waals surface area contributed by atoms with E-state index in [4.69, 9.17) is 0 Å². The first kappa shape index (κ1) is 13.2. The summed E-state index contributed by atoms with van der Waals surface area (Å²) in [5, 5.41) is 9.82. The highest BCUT2D eigenvalue weighted by molar-refractivity contribution is 7.98. The number of likely N-dealkylation sites (N-methyl/N-ethyl adjacent to an activating group) is 1. The van der Waals surface area contributed by atoms with E-state index in [1.807, 2.05) is 36.4 Å². The molecule has 0 saturated carbocycles. The van der Waals surface area contributed by atoms with Crippen molar-refractivity contribution in [1.29, 1.82) is 0 Å². The van der Waals surface area contributed by atoms with Crippen molar-refractivity contribution in [2.45, 2.75) is 16.8 Å². The molecule has 2 aromatic carbocycles. The van der Waals surface area contributed by atoms with E-state index in [2.05, 4.69) is 12.1 Å². The predicted molar refractivity (Wildman–Crippen MR) is 80.8 cm³/mol. The van der Waals surface area contributed by atoms with Gasteiger partial charge in [-0.25, -0.2) is 0 Å². The van der Waals surface area contributed by atoms with Gasteiger partial charge in [-0.2, -0.15) is 0 Å². The lowest BCUT2D eigenvalue weighted by atomic mass is 10.1. The van der Waals surface area contributed by atoms with Gasteiger partial charge in [0.15, 0.2) is 6.10 Å². The predicted octanol–water partition coefficient (Wildman–Crippen LogP) is 2.99. The number of amides is 1. The number of fused-ring (bicyclic) bond motifs is 1. The molecule has 20 heavy (non-hydrogen) atoms. The van der Waals surface area contributed by atoms with Crippen LogP contribution >= 0.6 is 11.8 Å². The second kappa shape index (κ2) is 5.31. The first-order valence-corrected chi connectivity index (χ1v) is 7.41. The largest absolute Gasteiger partial charge is 0.378 e. The molecular weight excluding hydrogens is 270 g/mol. The van der Waals surface area contributed by atoms with Gasteiger partial charge in [-0.05, 0) is 17.7 Å². The molecule has 1 aliphatic rings. The molecule has 2 aromatic rings. The van der Waals surface area contributed by atoms with Gasteiger partial charge >= 0.3 is 0 Å². The number of anilines is 1. The monoisotopic (exact) mass is 285 g/mol. The Bertz CT molecular complexity index is 642. The number of benzene rings is 2. The molecule has 1 atom stereocenters. The maximum atomic E-state index is 11.7. The third-order valence-corrected chi connectivity index (χ3v) is 4.54. The average molecular weight is 285 g/mol. The minimum absolute atomic E-state index is 0.259. The molecule has 1 heterocycles. The van der Waals surface area contributed by atoms with Gasteiger partial charge < -0.3 is 10.0 Å². The highest BCUT2D eigenvalue weighted by Gasteiger charge is 2.33. The molecule has 3 nitrogen and oxygen atoms in total. The number of thioether (sulfide) groups is 1. The summed E-state index contributed by atoms with van der Waals surface area (Å²) >= 11 is 1.72. The standard InChI is InChI=1S/C16H15NO2S/c1-17-14-9-12(7-8-13(14)15(18)16(17)19)20-10-11-5-3-2-4-6-11/h2-9,15,18H,10H2,1H3. The summed E-state index contributed by atoms with van der Waals surface area (Å²) in [5.41, 5.74) is 2.77. The van der Waals surface area contributed by atoms with Crippen molar-refractivity contribution in [3.8, 4) is 0 Å². The molecule has 102 valence electrons. The van der Waals surface area contributed by atoms with E-state index in [-0.39, 0.29) is 5.91 Å². The third-order valence-electron chi connectivity index (χ3n) is 3.47. The van der Waals surface area contributed by atoms with Crippen LogP contribution < -0.4 is 4.90 Å². The van der Waals surface area contributed by atoms with Crippen molar-refractivity contribution in [3.05, 3.63) is 59.7 Å². The molecule has 3 rings (SSSR count). The van der Waals surface area contributed by atoms with Crippen LogP contribution in [-0.4, -0.2) is 18.1 Å². The Hall–Kier alpha value is -1.78. The molecule has 0 saturated heterocycles. The van der Waals surface area contributed by atoms with Gasteiger partial charge in [-0.1, -0.05) is 36.4 Å². The van der Waals surface area contributed by atoms with Crippen molar-refractivity contribution < 1.29 is 9.90 Å². The topological polar surface area (TPSA) is 40.5 Å². The zero-order chi connectivity index (χ0) is 14.1. The van der Waals surface area contributed by atoms with Gasteiger partial charge in [0.25, 0.3) is 5.91 Å². The molecule has 0 radical (unpaired) electrons. The fourth-order valence-corrected chi connectivity index (χ4v) is 3.20. The van der Waals surface area contributed by atoms with E-state index < -0.39 is 6.10 Å². The van der Waals surface area contributed by atoms with E-state index in [0.29, 0.717) is 5.56 Å². The SMILES string of the molecule is CN1C(=O)C(O)c2ccc(SCc3ccccc3)cc21. The van der Waals surface area contributed by atoms with Crippen LogP contribution in [0.25, 0.3) is 0 Å². The number of nitrogens with zero attached hydrogens (tertiary/aromatic N) is 1. The quantitative estimate of drug-likeness (QED) is 0.881. The summed E-state index contributed by atoms with van der Waals surface area (Å²) in [6.45, 7) is 0. The minimum Gasteiger partial charge on any atom is -0.378 e. The van der Waals surface area contributed by atoms with E-state index in [0.717, 1.165) is 16.3 Å². The molecule has 0 bridgehead atoms. The molecule has 1 aliphatic heterocycles. The number of carbonyl (C=O) groups excluding carboxylic acids is 1.